The summed E-state index contributed by atoms with van der Waals surface area (Å²) in [5, 5.41) is 3.54. The molecule has 7 nitrogen and oxygen atoms in total. The van der Waals surface area contributed by atoms with Crippen molar-refractivity contribution in [3.63, 3.8) is 0 Å². The molecule has 33 heavy (non-hydrogen) atoms. The molecule has 1 saturated heterocycles. The number of hydrogen-bond acceptors (Lipinski definition) is 6. The molecule has 1 aliphatic heterocycles. The third-order valence-electron chi connectivity index (χ3n) is 5.26. The van der Waals surface area contributed by atoms with Crippen LogP contribution in [0.25, 0.3) is 0 Å². The fourth-order valence-electron chi connectivity index (χ4n) is 3.47. The lowest BCUT2D eigenvalue weighted by molar-refractivity contribution is -0.122. The van der Waals surface area contributed by atoms with Gasteiger partial charge < -0.3 is 19.5 Å². The Morgan fingerprint density at radius 1 is 1.06 bits per heavy atom. The van der Waals surface area contributed by atoms with Crippen molar-refractivity contribution in [2.75, 3.05) is 53.0 Å². The van der Waals surface area contributed by atoms with E-state index in [1.54, 1.807) is 24.3 Å². The van der Waals surface area contributed by atoms with Gasteiger partial charge in [0.25, 0.3) is 0 Å². The first-order valence-corrected chi connectivity index (χ1v) is 11.0. The van der Waals surface area contributed by atoms with Gasteiger partial charge in [-0.05, 0) is 42.0 Å². The van der Waals surface area contributed by atoms with Crippen LogP contribution in [0.3, 0.4) is 0 Å². The van der Waals surface area contributed by atoms with E-state index in [4.69, 9.17) is 21.1 Å². The Morgan fingerprint density at radius 2 is 1.76 bits per heavy atom. The molecule has 3 rings (SSSR count). The van der Waals surface area contributed by atoms with Gasteiger partial charge in [0.05, 0.1) is 13.7 Å². The number of rotatable bonds is 11. The van der Waals surface area contributed by atoms with Crippen LogP contribution in [0.5, 0.6) is 17.2 Å². The maximum absolute atomic E-state index is 12.4. The summed E-state index contributed by atoms with van der Waals surface area (Å²) in [5.74, 6) is 0.849. The van der Waals surface area contributed by atoms with Crippen LogP contribution in [0.15, 0.2) is 42.5 Å². The number of amides is 1. The smallest absolute Gasteiger partial charge is 0.387 e. The van der Waals surface area contributed by atoms with Crippen molar-refractivity contribution in [1.29, 1.82) is 0 Å². The van der Waals surface area contributed by atoms with Crippen molar-refractivity contribution < 1.29 is 27.8 Å². The third kappa shape index (κ3) is 8.34. The lowest BCUT2D eigenvalue weighted by atomic mass is 10.2. The van der Waals surface area contributed by atoms with Crippen molar-refractivity contribution in [2.24, 2.45) is 0 Å². The van der Waals surface area contributed by atoms with E-state index in [0.717, 1.165) is 44.0 Å². The van der Waals surface area contributed by atoms with E-state index in [2.05, 4.69) is 19.9 Å². The molecule has 1 N–H and O–H groups in total. The molecule has 2 aromatic carbocycles. The van der Waals surface area contributed by atoms with Crippen LogP contribution in [0.4, 0.5) is 8.78 Å². The zero-order valence-electron chi connectivity index (χ0n) is 18.4. The molecule has 0 unspecified atom stereocenters. The summed E-state index contributed by atoms with van der Waals surface area (Å²) < 4.78 is 40.1. The first-order valence-electron chi connectivity index (χ1n) is 10.6. The average molecular weight is 484 g/mol. The van der Waals surface area contributed by atoms with Gasteiger partial charge in [0.1, 0.15) is 12.4 Å². The van der Waals surface area contributed by atoms with Crippen LogP contribution in [0.2, 0.25) is 5.02 Å². The van der Waals surface area contributed by atoms with Crippen LogP contribution in [-0.2, 0) is 11.3 Å². The standard InChI is InChI=1S/C23H28ClF2N3O4/c1-31-21-14-17(2-7-20(21)33-23(25)26)15-27-22(30)16-29-10-8-28(9-11-29)12-13-32-19-5-3-18(24)4-6-19/h2-7,14,23H,8-13,15-16H2,1H3,(H,27,30). The zero-order valence-corrected chi connectivity index (χ0v) is 19.2. The number of methoxy groups -OCH3 is 1. The number of hydrogen-bond donors (Lipinski definition) is 1. The van der Waals surface area contributed by atoms with Crippen LogP contribution < -0.4 is 19.5 Å². The van der Waals surface area contributed by atoms with Gasteiger partial charge in [-0.3, -0.25) is 14.6 Å². The highest BCUT2D eigenvalue weighted by atomic mass is 35.5. The number of ether oxygens (including phenoxy) is 3. The molecule has 0 aliphatic carbocycles. The van der Waals surface area contributed by atoms with Gasteiger partial charge >= 0.3 is 6.61 Å². The van der Waals surface area contributed by atoms with Crippen LogP contribution in [0, 0.1) is 0 Å². The second-order valence-electron chi connectivity index (χ2n) is 7.56. The van der Waals surface area contributed by atoms with Crippen LogP contribution in [-0.4, -0.2) is 75.3 Å². The van der Waals surface area contributed by atoms with Crippen LogP contribution in [0.1, 0.15) is 5.56 Å². The summed E-state index contributed by atoms with van der Waals surface area (Å²) >= 11 is 5.87. The lowest BCUT2D eigenvalue weighted by Crippen LogP contribution is -2.50. The Labute approximate surface area is 197 Å². The van der Waals surface area contributed by atoms with Crippen molar-refractivity contribution in [3.05, 3.63) is 53.1 Å². The van der Waals surface area contributed by atoms with Gasteiger partial charge in [-0.1, -0.05) is 17.7 Å². The molecule has 0 bridgehead atoms. The van der Waals surface area contributed by atoms with Gasteiger partial charge in [-0.25, -0.2) is 0 Å². The van der Waals surface area contributed by atoms with Gasteiger partial charge in [0.15, 0.2) is 11.5 Å². The summed E-state index contributed by atoms with van der Waals surface area (Å²) in [7, 11) is 1.37. The Kier molecular flexibility index (Phi) is 9.53. The quantitative estimate of drug-likeness (QED) is 0.529. The Hall–Kier alpha value is -2.62. The Bertz CT molecular complexity index is 894. The first-order chi connectivity index (χ1) is 15.9. The molecule has 0 saturated carbocycles. The fraction of sp³-hybridized carbons (Fsp3) is 0.435. The van der Waals surface area contributed by atoms with E-state index >= 15 is 0 Å². The van der Waals surface area contributed by atoms with Gasteiger partial charge in [-0.2, -0.15) is 8.78 Å². The van der Waals surface area contributed by atoms with Crippen molar-refractivity contribution in [2.45, 2.75) is 13.2 Å². The van der Waals surface area contributed by atoms with Gasteiger partial charge in [-0.15, -0.1) is 0 Å². The monoisotopic (exact) mass is 483 g/mol. The molecule has 0 radical (unpaired) electrons. The normalized spacial score (nSPS) is 14.8. The second-order valence-corrected chi connectivity index (χ2v) is 8.00. The molecule has 0 atom stereocenters. The number of nitrogens with one attached hydrogen (secondary N) is 1. The highest BCUT2D eigenvalue weighted by Crippen LogP contribution is 2.29. The van der Waals surface area contributed by atoms with Crippen molar-refractivity contribution in [1.82, 2.24) is 15.1 Å². The Morgan fingerprint density at radius 3 is 2.42 bits per heavy atom. The van der Waals surface area contributed by atoms with E-state index in [1.165, 1.54) is 13.2 Å². The van der Waals surface area contributed by atoms with Crippen molar-refractivity contribution >= 4 is 17.5 Å². The molecule has 2 aromatic rings. The molecule has 10 heteroatoms. The number of carbonyl (C=O) groups excluding carboxylic acids is 1. The zero-order chi connectivity index (χ0) is 23.6. The number of halogens is 3. The minimum absolute atomic E-state index is 0.0426. The highest BCUT2D eigenvalue weighted by molar-refractivity contribution is 6.30. The number of benzene rings is 2. The molecule has 1 amide bonds. The summed E-state index contributed by atoms with van der Waals surface area (Å²) in [6.07, 6.45) is 0. The minimum Gasteiger partial charge on any atom is -0.493 e. The topological polar surface area (TPSA) is 63.3 Å². The average Bonchev–Trinajstić information content (AvgIpc) is 2.80. The fourth-order valence-corrected chi connectivity index (χ4v) is 3.60. The molecule has 1 heterocycles. The predicted molar refractivity (Wildman–Crippen MR) is 121 cm³/mol. The van der Waals surface area contributed by atoms with E-state index in [-0.39, 0.29) is 24.0 Å². The second kappa shape index (κ2) is 12.6. The first kappa shape index (κ1) is 25.0. The summed E-state index contributed by atoms with van der Waals surface area (Å²) in [4.78, 5) is 16.7. The molecular formula is C23H28ClF2N3O4. The Balaban J connectivity index is 1.34. The molecular weight excluding hydrogens is 456 g/mol. The van der Waals surface area contributed by atoms with Crippen molar-refractivity contribution in [3.8, 4) is 17.2 Å². The summed E-state index contributed by atoms with van der Waals surface area (Å²) in [6, 6.07) is 11.9. The highest BCUT2D eigenvalue weighted by Gasteiger charge is 2.19. The minimum atomic E-state index is -2.93. The van der Waals surface area contributed by atoms with Gasteiger partial charge in [0, 0.05) is 44.3 Å². The maximum atomic E-state index is 12.4. The van der Waals surface area contributed by atoms with Crippen LogP contribution >= 0.6 is 11.6 Å². The maximum Gasteiger partial charge on any atom is 0.387 e. The molecule has 0 aromatic heterocycles. The molecule has 1 fully saturated rings. The lowest BCUT2D eigenvalue weighted by Gasteiger charge is -2.34. The van der Waals surface area contributed by atoms with E-state index < -0.39 is 6.61 Å². The van der Waals surface area contributed by atoms with Gasteiger partial charge in [0.2, 0.25) is 5.91 Å². The molecule has 1 aliphatic rings. The summed E-state index contributed by atoms with van der Waals surface area (Å²) in [5.41, 5.74) is 0.729. The number of carbonyl (C=O) groups is 1. The SMILES string of the molecule is COc1cc(CNC(=O)CN2CCN(CCOc3ccc(Cl)cc3)CC2)ccc1OC(F)F. The largest absolute Gasteiger partial charge is 0.493 e. The van der Waals surface area contributed by atoms with E-state index in [9.17, 15) is 13.6 Å². The number of nitrogens with zero attached hydrogens (tertiary/aromatic N) is 2. The molecule has 180 valence electrons. The number of alkyl halides is 2. The predicted octanol–water partition coefficient (Wildman–Crippen LogP) is 3.26. The summed E-state index contributed by atoms with van der Waals surface area (Å²) in [6.45, 7) is 2.36. The number of piperazine rings is 1. The third-order valence-corrected chi connectivity index (χ3v) is 5.51. The molecule has 0 spiro atoms. The van der Waals surface area contributed by atoms with E-state index in [0.29, 0.717) is 18.2 Å². The van der Waals surface area contributed by atoms with E-state index in [1.807, 2.05) is 12.1 Å².